The molecule has 0 saturated heterocycles. The molecule has 0 aliphatic carbocycles. The van der Waals surface area contributed by atoms with Crippen molar-refractivity contribution in [1.29, 1.82) is 0 Å². The maximum absolute atomic E-state index is 10.1. The van der Waals surface area contributed by atoms with Gasteiger partial charge in [0.2, 0.25) is 0 Å². The van der Waals surface area contributed by atoms with Crippen LogP contribution in [0.5, 0.6) is 5.75 Å². The Kier molecular flexibility index (Phi) is 5.76. The van der Waals surface area contributed by atoms with Gasteiger partial charge in [0, 0.05) is 29.4 Å². The molecule has 1 aromatic heterocycles. The minimum Gasteiger partial charge on any atom is -0.506 e. The van der Waals surface area contributed by atoms with Gasteiger partial charge in [0.1, 0.15) is 5.75 Å². The highest BCUT2D eigenvalue weighted by atomic mass is 16.3. The first kappa shape index (κ1) is 15.9. The highest BCUT2D eigenvalue weighted by Gasteiger charge is 2.24. The molecule has 0 bridgehead atoms. The minimum atomic E-state index is -0.102. The largest absolute Gasteiger partial charge is 0.506 e. The third-order valence-corrected chi connectivity index (χ3v) is 4.27. The van der Waals surface area contributed by atoms with Gasteiger partial charge in [-0.05, 0) is 26.2 Å². The van der Waals surface area contributed by atoms with Gasteiger partial charge in [-0.1, -0.05) is 20.8 Å². The van der Waals surface area contributed by atoms with E-state index in [0.717, 1.165) is 24.8 Å². The van der Waals surface area contributed by atoms with Crippen LogP contribution in [0.4, 0.5) is 0 Å². The summed E-state index contributed by atoms with van der Waals surface area (Å²) in [5.74, 6) is 0.191. The Bertz CT molecular complexity index is 407. The number of aromatic hydroxyl groups is 1. The summed E-state index contributed by atoms with van der Waals surface area (Å²) < 4.78 is 0. The van der Waals surface area contributed by atoms with E-state index in [0.29, 0.717) is 17.8 Å². The fraction of sp³-hybridized carbons (Fsp3) is 0.667. The van der Waals surface area contributed by atoms with Gasteiger partial charge < -0.3 is 15.5 Å². The lowest BCUT2D eigenvalue weighted by atomic mass is 9.89. The van der Waals surface area contributed by atoms with E-state index >= 15 is 0 Å². The Morgan fingerprint density at radius 3 is 2.26 bits per heavy atom. The zero-order chi connectivity index (χ0) is 14.5. The van der Waals surface area contributed by atoms with Gasteiger partial charge in [-0.15, -0.1) is 0 Å². The van der Waals surface area contributed by atoms with E-state index in [-0.39, 0.29) is 17.9 Å². The molecule has 1 aromatic rings. The second-order valence-corrected chi connectivity index (χ2v) is 5.05. The summed E-state index contributed by atoms with van der Waals surface area (Å²) in [5.41, 5.74) is 2.14. The molecule has 19 heavy (non-hydrogen) atoms. The van der Waals surface area contributed by atoms with Gasteiger partial charge in [0.05, 0.1) is 12.3 Å². The van der Waals surface area contributed by atoms with Crippen molar-refractivity contribution in [3.05, 3.63) is 23.0 Å². The zero-order valence-corrected chi connectivity index (χ0v) is 12.5. The quantitative estimate of drug-likeness (QED) is 0.710. The number of aromatic nitrogens is 1. The number of aliphatic hydroxyl groups is 1. The Balaban J connectivity index is 2.96. The van der Waals surface area contributed by atoms with Crippen LogP contribution in [0.25, 0.3) is 0 Å². The number of pyridine rings is 1. The molecule has 0 aliphatic heterocycles. The van der Waals surface area contributed by atoms with Crippen LogP contribution in [0.15, 0.2) is 6.20 Å². The second-order valence-electron chi connectivity index (χ2n) is 5.05. The van der Waals surface area contributed by atoms with Crippen molar-refractivity contribution in [2.75, 3.05) is 0 Å². The van der Waals surface area contributed by atoms with E-state index in [1.165, 1.54) is 0 Å². The number of rotatable bonds is 7. The van der Waals surface area contributed by atoms with Crippen LogP contribution in [0.1, 0.15) is 56.9 Å². The topological polar surface area (TPSA) is 65.4 Å². The predicted octanol–water partition coefficient (Wildman–Crippen LogP) is 2.65. The third-order valence-electron chi connectivity index (χ3n) is 4.27. The summed E-state index contributed by atoms with van der Waals surface area (Å²) in [6, 6.07) is 0. The summed E-state index contributed by atoms with van der Waals surface area (Å²) in [5, 5.41) is 23.0. The fourth-order valence-electron chi connectivity index (χ4n) is 2.42. The molecule has 0 saturated carbocycles. The number of nitrogens with one attached hydrogen (secondary N) is 1. The zero-order valence-electron chi connectivity index (χ0n) is 12.5. The van der Waals surface area contributed by atoms with Crippen molar-refractivity contribution in [2.24, 2.45) is 0 Å². The second kappa shape index (κ2) is 6.87. The van der Waals surface area contributed by atoms with Crippen LogP contribution in [-0.4, -0.2) is 20.7 Å². The van der Waals surface area contributed by atoms with Crippen molar-refractivity contribution in [1.82, 2.24) is 10.3 Å². The summed E-state index contributed by atoms with van der Waals surface area (Å²) in [6.07, 6.45) is 4.76. The molecule has 0 spiro atoms. The standard InChI is InChI=1S/C15H26N2O2/c1-5-15(6-2,7-3)17-9-13-12(10-18)8-16-11(4)14(13)19/h8,17-19H,5-7,9-10H2,1-4H3. The molecular formula is C15H26N2O2. The van der Waals surface area contributed by atoms with E-state index in [4.69, 9.17) is 0 Å². The monoisotopic (exact) mass is 266 g/mol. The molecular weight excluding hydrogens is 240 g/mol. The first-order valence-electron chi connectivity index (χ1n) is 7.05. The highest BCUT2D eigenvalue weighted by molar-refractivity contribution is 5.40. The molecule has 0 unspecified atom stereocenters. The van der Waals surface area contributed by atoms with Crippen LogP contribution in [0.2, 0.25) is 0 Å². The lowest BCUT2D eigenvalue weighted by Gasteiger charge is -2.32. The molecule has 0 amide bonds. The number of aryl methyl sites for hydroxylation is 1. The SMILES string of the molecule is CCC(CC)(CC)NCc1c(CO)cnc(C)c1O. The molecule has 0 aliphatic rings. The van der Waals surface area contributed by atoms with Crippen LogP contribution in [-0.2, 0) is 13.2 Å². The molecule has 1 rings (SSSR count). The predicted molar refractivity (Wildman–Crippen MR) is 77.0 cm³/mol. The summed E-state index contributed by atoms with van der Waals surface area (Å²) >= 11 is 0. The number of aliphatic hydroxyl groups excluding tert-OH is 1. The van der Waals surface area contributed by atoms with E-state index in [9.17, 15) is 10.2 Å². The average molecular weight is 266 g/mol. The Labute approximate surface area is 115 Å². The van der Waals surface area contributed by atoms with Crippen molar-refractivity contribution >= 4 is 0 Å². The van der Waals surface area contributed by atoms with Gasteiger partial charge in [-0.25, -0.2) is 0 Å². The van der Waals surface area contributed by atoms with Crippen molar-refractivity contribution in [2.45, 2.75) is 65.6 Å². The molecule has 1 heterocycles. The Morgan fingerprint density at radius 2 is 1.79 bits per heavy atom. The van der Waals surface area contributed by atoms with Gasteiger partial charge in [0.15, 0.2) is 0 Å². The Hall–Kier alpha value is -1.13. The van der Waals surface area contributed by atoms with E-state index in [1.807, 2.05) is 0 Å². The van der Waals surface area contributed by atoms with E-state index < -0.39 is 0 Å². The first-order valence-corrected chi connectivity index (χ1v) is 7.05. The minimum absolute atomic E-state index is 0.0936. The maximum Gasteiger partial charge on any atom is 0.141 e. The smallest absolute Gasteiger partial charge is 0.141 e. The summed E-state index contributed by atoms with van der Waals surface area (Å²) in [4.78, 5) is 4.08. The lowest BCUT2D eigenvalue weighted by Crippen LogP contribution is -2.43. The van der Waals surface area contributed by atoms with Crippen LogP contribution in [0, 0.1) is 6.92 Å². The van der Waals surface area contributed by atoms with Crippen molar-refractivity contribution < 1.29 is 10.2 Å². The highest BCUT2D eigenvalue weighted by Crippen LogP contribution is 2.26. The molecule has 0 radical (unpaired) electrons. The maximum atomic E-state index is 10.1. The lowest BCUT2D eigenvalue weighted by molar-refractivity contribution is 0.270. The van der Waals surface area contributed by atoms with Gasteiger partial charge in [-0.2, -0.15) is 0 Å². The molecule has 108 valence electrons. The molecule has 0 fully saturated rings. The molecule has 4 nitrogen and oxygen atoms in total. The van der Waals surface area contributed by atoms with Crippen LogP contribution >= 0.6 is 0 Å². The van der Waals surface area contributed by atoms with Gasteiger partial charge in [0.25, 0.3) is 0 Å². The van der Waals surface area contributed by atoms with E-state index in [2.05, 4.69) is 31.1 Å². The molecule has 0 aromatic carbocycles. The van der Waals surface area contributed by atoms with Gasteiger partial charge >= 0.3 is 0 Å². The molecule has 3 N–H and O–H groups in total. The average Bonchev–Trinajstić information content (AvgIpc) is 2.45. The van der Waals surface area contributed by atoms with Crippen LogP contribution < -0.4 is 5.32 Å². The number of hydrogen-bond acceptors (Lipinski definition) is 4. The fourth-order valence-corrected chi connectivity index (χ4v) is 2.42. The molecule has 4 heteroatoms. The summed E-state index contributed by atoms with van der Waals surface area (Å²) in [6.45, 7) is 8.74. The Morgan fingerprint density at radius 1 is 1.21 bits per heavy atom. The molecule has 0 atom stereocenters. The van der Waals surface area contributed by atoms with Crippen LogP contribution in [0.3, 0.4) is 0 Å². The first-order chi connectivity index (χ1) is 9.03. The van der Waals surface area contributed by atoms with Crippen molar-refractivity contribution in [3.8, 4) is 5.75 Å². The number of hydrogen-bond donors (Lipinski definition) is 3. The summed E-state index contributed by atoms with van der Waals surface area (Å²) in [7, 11) is 0. The van der Waals surface area contributed by atoms with E-state index in [1.54, 1.807) is 13.1 Å². The van der Waals surface area contributed by atoms with Crippen molar-refractivity contribution in [3.63, 3.8) is 0 Å². The normalized spacial score (nSPS) is 11.8. The third kappa shape index (κ3) is 3.45. The number of nitrogens with zero attached hydrogens (tertiary/aromatic N) is 1. The van der Waals surface area contributed by atoms with Gasteiger partial charge in [-0.3, -0.25) is 4.98 Å².